The van der Waals surface area contributed by atoms with Gasteiger partial charge in [0.25, 0.3) is 0 Å². The standard InChI is InChI=1S/C18H31NOS/c1-13(2)10-19-11-17-7-8-18(21-17)12-20-16-6-5-14(3)15(4)9-16/h7-8,13-16,19H,5-6,9-12H2,1-4H3. The van der Waals surface area contributed by atoms with Gasteiger partial charge in [0.2, 0.25) is 0 Å². The Kier molecular flexibility index (Phi) is 6.72. The van der Waals surface area contributed by atoms with Gasteiger partial charge in [-0.2, -0.15) is 0 Å². The minimum absolute atomic E-state index is 0.473. The summed E-state index contributed by atoms with van der Waals surface area (Å²) in [6, 6.07) is 4.47. The first-order valence-electron chi connectivity index (χ1n) is 8.44. The molecule has 3 atom stereocenters. The molecule has 21 heavy (non-hydrogen) atoms. The van der Waals surface area contributed by atoms with Crippen molar-refractivity contribution < 1.29 is 4.74 Å². The molecule has 3 heteroatoms. The Labute approximate surface area is 134 Å². The van der Waals surface area contributed by atoms with Crippen molar-refractivity contribution >= 4 is 11.3 Å². The summed E-state index contributed by atoms with van der Waals surface area (Å²) in [6.07, 6.45) is 4.26. The van der Waals surface area contributed by atoms with E-state index in [-0.39, 0.29) is 0 Å². The van der Waals surface area contributed by atoms with Crippen LogP contribution < -0.4 is 5.32 Å². The minimum atomic E-state index is 0.473. The zero-order valence-electron chi connectivity index (χ0n) is 14.0. The van der Waals surface area contributed by atoms with Crippen LogP contribution in [0.15, 0.2) is 12.1 Å². The average molecular weight is 310 g/mol. The van der Waals surface area contributed by atoms with E-state index in [1.165, 1.54) is 29.0 Å². The fraction of sp³-hybridized carbons (Fsp3) is 0.778. The summed E-state index contributed by atoms with van der Waals surface area (Å²) in [5.41, 5.74) is 0. The van der Waals surface area contributed by atoms with Crippen molar-refractivity contribution in [2.75, 3.05) is 6.54 Å². The second-order valence-electron chi connectivity index (χ2n) is 7.09. The minimum Gasteiger partial charge on any atom is -0.373 e. The van der Waals surface area contributed by atoms with E-state index < -0.39 is 0 Å². The fourth-order valence-electron chi connectivity index (χ4n) is 2.93. The van der Waals surface area contributed by atoms with E-state index in [0.29, 0.717) is 12.0 Å². The van der Waals surface area contributed by atoms with Gasteiger partial charge in [-0.3, -0.25) is 0 Å². The van der Waals surface area contributed by atoms with Crippen molar-refractivity contribution in [2.24, 2.45) is 17.8 Å². The quantitative estimate of drug-likeness (QED) is 0.778. The van der Waals surface area contributed by atoms with E-state index in [9.17, 15) is 0 Å². The van der Waals surface area contributed by atoms with Crippen LogP contribution in [0.1, 0.15) is 56.7 Å². The molecule has 1 saturated carbocycles. The molecule has 120 valence electrons. The molecule has 3 unspecified atom stereocenters. The van der Waals surface area contributed by atoms with E-state index in [4.69, 9.17) is 4.74 Å². The number of rotatable bonds is 7. The maximum absolute atomic E-state index is 6.13. The molecule has 0 bridgehead atoms. The average Bonchev–Trinajstić information content (AvgIpc) is 2.88. The third-order valence-corrected chi connectivity index (χ3v) is 5.64. The molecule has 1 aliphatic rings. The van der Waals surface area contributed by atoms with E-state index >= 15 is 0 Å². The first-order valence-corrected chi connectivity index (χ1v) is 9.26. The van der Waals surface area contributed by atoms with E-state index in [1.807, 2.05) is 11.3 Å². The van der Waals surface area contributed by atoms with Crippen LogP contribution in [-0.2, 0) is 17.9 Å². The maximum Gasteiger partial charge on any atom is 0.0813 e. The van der Waals surface area contributed by atoms with Crippen LogP contribution >= 0.6 is 11.3 Å². The van der Waals surface area contributed by atoms with Crippen molar-refractivity contribution in [2.45, 2.75) is 66.2 Å². The highest BCUT2D eigenvalue weighted by Crippen LogP contribution is 2.31. The molecule has 1 aromatic rings. The van der Waals surface area contributed by atoms with Gasteiger partial charge in [0, 0.05) is 16.3 Å². The third kappa shape index (κ3) is 5.72. The summed E-state index contributed by atoms with van der Waals surface area (Å²) in [5, 5.41) is 3.50. The van der Waals surface area contributed by atoms with Gasteiger partial charge in [0.15, 0.2) is 0 Å². The second-order valence-corrected chi connectivity index (χ2v) is 8.35. The molecule has 2 rings (SSSR count). The lowest BCUT2D eigenvalue weighted by atomic mass is 9.80. The molecule has 0 radical (unpaired) electrons. The van der Waals surface area contributed by atoms with Gasteiger partial charge in [-0.15, -0.1) is 11.3 Å². The first kappa shape index (κ1) is 17.0. The Bertz CT molecular complexity index is 415. The topological polar surface area (TPSA) is 21.3 Å². The zero-order chi connectivity index (χ0) is 15.2. The SMILES string of the molecule is CC(C)CNCc1ccc(COC2CCC(C)C(C)C2)s1. The van der Waals surface area contributed by atoms with Crippen LogP contribution in [0.5, 0.6) is 0 Å². The summed E-state index contributed by atoms with van der Waals surface area (Å²) in [4.78, 5) is 2.78. The molecule has 1 heterocycles. The monoisotopic (exact) mass is 309 g/mol. The van der Waals surface area contributed by atoms with Crippen molar-refractivity contribution in [3.8, 4) is 0 Å². The lowest BCUT2D eigenvalue weighted by Gasteiger charge is -2.31. The van der Waals surface area contributed by atoms with Gasteiger partial charge in [-0.25, -0.2) is 0 Å². The van der Waals surface area contributed by atoms with Crippen LogP contribution in [0.3, 0.4) is 0 Å². The Morgan fingerprint density at radius 2 is 1.95 bits per heavy atom. The Morgan fingerprint density at radius 1 is 1.19 bits per heavy atom. The molecule has 1 aromatic heterocycles. The lowest BCUT2D eigenvalue weighted by molar-refractivity contribution is -0.00633. The molecule has 1 fully saturated rings. The smallest absolute Gasteiger partial charge is 0.0813 e. The van der Waals surface area contributed by atoms with E-state index in [2.05, 4.69) is 45.1 Å². The number of thiophene rings is 1. The Morgan fingerprint density at radius 3 is 2.67 bits per heavy atom. The van der Waals surface area contributed by atoms with Crippen LogP contribution in [0, 0.1) is 17.8 Å². The molecular formula is C18H31NOS. The van der Waals surface area contributed by atoms with Gasteiger partial charge in [-0.1, -0.05) is 27.7 Å². The summed E-state index contributed by atoms with van der Waals surface area (Å²) >= 11 is 1.89. The Hall–Kier alpha value is -0.380. The van der Waals surface area contributed by atoms with Crippen molar-refractivity contribution in [1.29, 1.82) is 0 Å². The molecule has 0 aliphatic heterocycles. The van der Waals surface area contributed by atoms with Gasteiger partial charge in [0.05, 0.1) is 12.7 Å². The second kappa shape index (κ2) is 8.30. The maximum atomic E-state index is 6.13. The van der Waals surface area contributed by atoms with Crippen LogP contribution in [0.25, 0.3) is 0 Å². The highest BCUT2D eigenvalue weighted by Gasteiger charge is 2.24. The molecule has 2 nitrogen and oxygen atoms in total. The van der Waals surface area contributed by atoms with Gasteiger partial charge in [-0.05, 0) is 55.7 Å². The summed E-state index contributed by atoms with van der Waals surface area (Å²) in [7, 11) is 0. The number of nitrogens with one attached hydrogen (secondary N) is 1. The molecule has 1 N–H and O–H groups in total. The highest BCUT2D eigenvalue weighted by molar-refractivity contribution is 7.11. The van der Waals surface area contributed by atoms with Gasteiger partial charge in [0.1, 0.15) is 0 Å². The number of ether oxygens (including phenoxy) is 1. The molecule has 0 aromatic carbocycles. The predicted molar refractivity (Wildman–Crippen MR) is 91.6 cm³/mol. The number of hydrogen-bond donors (Lipinski definition) is 1. The van der Waals surface area contributed by atoms with Gasteiger partial charge < -0.3 is 10.1 Å². The zero-order valence-corrected chi connectivity index (χ0v) is 14.8. The highest BCUT2D eigenvalue weighted by atomic mass is 32.1. The number of hydrogen-bond acceptors (Lipinski definition) is 3. The lowest BCUT2D eigenvalue weighted by Crippen LogP contribution is -2.26. The van der Waals surface area contributed by atoms with E-state index in [0.717, 1.165) is 31.5 Å². The third-order valence-electron chi connectivity index (χ3n) is 4.58. The molecule has 0 spiro atoms. The van der Waals surface area contributed by atoms with Crippen molar-refractivity contribution in [3.05, 3.63) is 21.9 Å². The van der Waals surface area contributed by atoms with Crippen molar-refractivity contribution in [1.82, 2.24) is 5.32 Å². The van der Waals surface area contributed by atoms with Crippen LogP contribution in [0.4, 0.5) is 0 Å². The fourth-order valence-corrected chi connectivity index (χ4v) is 3.84. The first-order chi connectivity index (χ1) is 10.0. The van der Waals surface area contributed by atoms with Crippen molar-refractivity contribution in [3.63, 3.8) is 0 Å². The molecule has 0 amide bonds. The van der Waals surface area contributed by atoms with Gasteiger partial charge >= 0.3 is 0 Å². The predicted octanol–water partition coefficient (Wildman–Crippen LogP) is 4.84. The molecule has 1 aliphatic carbocycles. The molecule has 0 saturated heterocycles. The summed E-state index contributed by atoms with van der Waals surface area (Å²) in [6.45, 7) is 12.1. The Balaban J connectivity index is 1.70. The normalized spacial score (nSPS) is 26.4. The van der Waals surface area contributed by atoms with Crippen LogP contribution in [-0.4, -0.2) is 12.6 Å². The summed E-state index contributed by atoms with van der Waals surface area (Å²) < 4.78 is 6.13. The summed E-state index contributed by atoms with van der Waals surface area (Å²) in [5.74, 6) is 2.39. The largest absolute Gasteiger partial charge is 0.373 e. The van der Waals surface area contributed by atoms with E-state index in [1.54, 1.807) is 0 Å². The van der Waals surface area contributed by atoms with Crippen LogP contribution in [0.2, 0.25) is 0 Å². The molecular weight excluding hydrogens is 278 g/mol.